The minimum Gasteiger partial charge on any atom is -0.289 e. The fourth-order valence-corrected chi connectivity index (χ4v) is 3.04. The number of halogens is 1. The fraction of sp³-hybridized carbons (Fsp3) is 0.190. The Bertz CT molecular complexity index is 949. The molecule has 0 fully saturated rings. The van der Waals surface area contributed by atoms with Gasteiger partial charge < -0.3 is 0 Å². The first-order valence-electron chi connectivity index (χ1n) is 8.52. The Labute approximate surface area is 156 Å². The molecule has 0 saturated carbocycles. The van der Waals surface area contributed by atoms with Gasteiger partial charge in [-0.25, -0.2) is 9.87 Å². The summed E-state index contributed by atoms with van der Waals surface area (Å²) in [5, 5.41) is 0. The number of aromatic nitrogens is 1. The highest BCUT2D eigenvalue weighted by Gasteiger charge is 2.24. The maximum atomic E-state index is 13.8. The normalized spacial score (nSPS) is 14.4. The van der Waals surface area contributed by atoms with Crippen molar-refractivity contribution in [2.75, 3.05) is 6.61 Å². The summed E-state index contributed by atoms with van der Waals surface area (Å²) in [7, 11) is 0. The van der Waals surface area contributed by atoms with E-state index >= 15 is 0 Å². The van der Waals surface area contributed by atoms with Crippen molar-refractivity contribution in [3.8, 4) is 0 Å². The number of nitrogens with one attached hydrogen (secondary N) is 1. The maximum absolute atomic E-state index is 13.8. The van der Waals surface area contributed by atoms with E-state index in [1.54, 1.807) is 18.5 Å². The van der Waals surface area contributed by atoms with Crippen LogP contribution in [-0.2, 0) is 14.4 Å². The monoisotopic (exact) mass is 366 g/mol. The van der Waals surface area contributed by atoms with E-state index in [0.717, 1.165) is 40.3 Å². The molecule has 1 aromatic heterocycles. The summed E-state index contributed by atoms with van der Waals surface area (Å²) in [6, 6.07) is 8.53. The van der Waals surface area contributed by atoms with Gasteiger partial charge in [-0.05, 0) is 77.1 Å². The van der Waals surface area contributed by atoms with Crippen LogP contribution in [0.5, 0.6) is 0 Å². The second-order valence-corrected chi connectivity index (χ2v) is 6.22. The lowest BCUT2D eigenvalue weighted by Gasteiger charge is -2.07. The van der Waals surface area contributed by atoms with E-state index in [2.05, 4.69) is 10.5 Å². The van der Waals surface area contributed by atoms with E-state index in [-0.39, 0.29) is 12.4 Å². The van der Waals surface area contributed by atoms with Crippen molar-refractivity contribution in [2.45, 2.75) is 20.3 Å². The first kappa shape index (κ1) is 18.7. The molecule has 0 aliphatic heterocycles. The number of hydrogen-bond donors (Lipinski definition) is 1. The minimum atomic E-state index is -0.795. The summed E-state index contributed by atoms with van der Waals surface area (Å²) in [6.07, 6.45) is 5.95. The number of amides is 1. The van der Waals surface area contributed by atoms with Crippen molar-refractivity contribution in [3.63, 3.8) is 0 Å². The lowest BCUT2D eigenvalue weighted by Crippen LogP contribution is -2.29. The Morgan fingerprint density at radius 1 is 1.19 bits per heavy atom. The number of pyridine rings is 1. The molecule has 1 heterocycles. The van der Waals surface area contributed by atoms with Crippen LogP contribution >= 0.6 is 0 Å². The highest BCUT2D eigenvalue weighted by molar-refractivity contribution is 6.34. The second kappa shape index (κ2) is 8.05. The van der Waals surface area contributed by atoms with Crippen LogP contribution in [0.2, 0.25) is 0 Å². The second-order valence-electron chi connectivity index (χ2n) is 6.22. The number of rotatable bonds is 6. The minimum absolute atomic E-state index is 0.171. The molecule has 3 rings (SSSR count). The van der Waals surface area contributed by atoms with Crippen LogP contribution in [-0.4, -0.2) is 23.3 Å². The molecular formula is C21H19FN2O3. The van der Waals surface area contributed by atoms with Gasteiger partial charge in [0.1, 0.15) is 5.82 Å². The van der Waals surface area contributed by atoms with Crippen LogP contribution in [0, 0.1) is 5.82 Å². The molecule has 1 aliphatic carbocycles. The molecular weight excluding hydrogens is 347 g/mol. The Balaban J connectivity index is 1.86. The summed E-state index contributed by atoms with van der Waals surface area (Å²) in [5.74, 6) is -1.73. The standard InChI is InChI=1S/C21H19FN2O3/c1-13-17(7-10-27-24-21(26)14(2)25)20-12-16(22)3-4-18(20)19(13)11-15-5-8-23-9-6-15/h3-6,8-9,11-12H,7,10H2,1-2H3,(H,24,26). The number of nitrogens with zero attached hydrogens (tertiary/aromatic N) is 1. The van der Waals surface area contributed by atoms with Crippen molar-refractivity contribution >= 4 is 28.9 Å². The molecule has 6 heteroatoms. The lowest BCUT2D eigenvalue weighted by atomic mass is 10.0. The first-order chi connectivity index (χ1) is 13.0. The van der Waals surface area contributed by atoms with Crippen molar-refractivity contribution < 1.29 is 18.8 Å². The van der Waals surface area contributed by atoms with Crippen LogP contribution in [0.4, 0.5) is 4.39 Å². The van der Waals surface area contributed by atoms with Gasteiger partial charge >= 0.3 is 5.91 Å². The molecule has 0 radical (unpaired) electrons. The smallest absolute Gasteiger partial charge is 0.289 e. The zero-order valence-electron chi connectivity index (χ0n) is 15.1. The number of hydrogen-bond acceptors (Lipinski definition) is 4. The molecule has 1 aromatic carbocycles. The zero-order chi connectivity index (χ0) is 19.4. The Morgan fingerprint density at radius 2 is 1.93 bits per heavy atom. The summed E-state index contributed by atoms with van der Waals surface area (Å²) in [5.41, 5.74) is 7.85. The molecule has 1 N–H and O–H groups in total. The number of carbonyl (C=O) groups is 2. The van der Waals surface area contributed by atoms with Crippen molar-refractivity contribution in [1.29, 1.82) is 0 Å². The Hall–Kier alpha value is -3.12. The van der Waals surface area contributed by atoms with Gasteiger partial charge in [-0.15, -0.1) is 0 Å². The van der Waals surface area contributed by atoms with Gasteiger partial charge in [0.15, 0.2) is 0 Å². The first-order valence-corrected chi connectivity index (χ1v) is 8.52. The number of carbonyl (C=O) groups excluding carboxylic acids is 2. The molecule has 0 bridgehead atoms. The molecule has 0 spiro atoms. The molecule has 5 nitrogen and oxygen atoms in total. The third-order valence-corrected chi connectivity index (χ3v) is 4.41. The third kappa shape index (κ3) is 4.17. The third-order valence-electron chi connectivity index (χ3n) is 4.41. The summed E-state index contributed by atoms with van der Waals surface area (Å²) >= 11 is 0. The van der Waals surface area contributed by atoms with Crippen molar-refractivity contribution in [2.24, 2.45) is 0 Å². The van der Waals surface area contributed by atoms with Gasteiger partial charge in [0.2, 0.25) is 5.78 Å². The van der Waals surface area contributed by atoms with Crippen molar-refractivity contribution in [3.05, 3.63) is 70.8 Å². The summed E-state index contributed by atoms with van der Waals surface area (Å²) < 4.78 is 13.8. The van der Waals surface area contributed by atoms with Crippen LogP contribution in [0.15, 0.2) is 48.3 Å². The van der Waals surface area contributed by atoms with E-state index in [4.69, 9.17) is 4.84 Å². The molecule has 27 heavy (non-hydrogen) atoms. The predicted octanol–water partition coefficient (Wildman–Crippen LogP) is 3.58. The van der Waals surface area contributed by atoms with Gasteiger partial charge in [0, 0.05) is 19.3 Å². The number of Topliss-reactive ketones (excluding diaryl/α,β-unsaturated/α-hetero) is 1. The molecule has 2 aromatic rings. The van der Waals surface area contributed by atoms with E-state index in [1.807, 2.05) is 25.1 Å². The molecule has 1 amide bonds. The maximum Gasteiger partial charge on any atom is 0.310 e. The molecule has 1 aliphatic rings. The molecule has 138 valence electrons. The van der Waals surface area contributed by atoms with E-state index in [1.165, 1.54) is 12.1 Å². The zero-order valence-corrected chi connectivity index (χ0v) is 15.1. The number of allylic oxidation sites excluding steroid dienone is 2. The lowest BCUT2D eigenvalue weighted by molar-refractivity contribution is -0.144. The van der Waals surface area contributed by atoms with Crippen LogP contribution in [0.1, 0.15) is 37.0 Å². The predicted molar refractivity (Wildman–Crippen MR) is 100 cm³/mol. The molecule has 0 saturated heterocycles. The topological polar surface area (TPSA) is 68.3 Å². The summed E-state index contributed by atoms with van der Waals surface area (Å²) in [4.78, 5) is 31.3. The van der Waals surface area contributed by atoms with E-state index in [9.17, 15) is 14.0 Å². The van der Waals surface area contributed by atoms with Gasteiger partial charge in [-0.3, -0.25) is 19.4 Å². The average molecular weight is 366 g/mol. The number of benzene rings is 1. The van der Waals surface area contributed by atoms with Gasteiger partial charge in [-0.2, -0.15) is 0 Å². The number of fused-ring (bicyclic) bond motifs is 1. The van der Waals surface area contributed by atoms with Gasteiger partial charge in [-0.1, -0.05) is 6.07 Å². The van der Waals surface area contributed by atoms with Gasteiger partial charge in [0.05, 0.1) is 6.61 Å². The Kier molecular flexibility index (Phi) is 5.57. The average Bonchev–Trinajstić information content (AvgIpc) is 2.90. The SMILES string of the molecule is CC(=O)C(=O)NOCCC1=C(C)C(=Cc2ccncc2)c2ccc(F)cc21. The number of hydroxylamine groups is 1. The highest BCUT2D eigenvalue weighted by atomic mass is 19.1. The molecule has 0 atom stereocenters. The van der Waals surface area contributed by atoms with Crippen LogP contribution in [0.25, 0.3) is 17.2 Å². The molecule has 0 unspecified atom stereocenters. The van der Waals surface area contributed by atoms with E-state index < -0.39 is 11.7 Å². The van der Waals surface area contributed by atoms with Crippen LogP contribution in [0.3, 0.4) is 0 Å². The highest BCUT2D eigenvalue weighted by Crippen LogP contribution is 2.43. The van der Waals surface area contributed by atoms with Crippen LogP contribution < -0.4 is 5.48 Å². The number of ketones is 1. The van der Waals surface area contributed by atoms with E-state index in [0.29, 0.717) is 6.42 Å². The van der Waals surface area contributed by atoms with Crippen molar-refractivity contribution in [1.82, 2.24) is 10.5 Å². The fourth-order valence-electron chi connectivity index (χ4n) is 3.04. The largest absolute Gasteiger partial charge is 0.310 e. The van der Waals surface area contributed by atoms with Gasteiger partial charge in [0.25, 0.3) is 0 Å². The quantitative estimate of drug-likeness (QED) is 0.482. The Morgan fingerprint density at radius 3 is 2.63 bits per heavy atom. The summed E-state index contributed by atoms with van der Waals surface area (Å²) in [6.45, 7) is 3.32.